The number of nitrogens with zero attached hydrogens (tertiary/aromatic N) is 3. The smallest absolute Gasteiger partial charge is 0.148 e. The molecule has 1 N–H and O–H groups in total. The summed E-state index contributed by atoms with van der Waals surface area (Å²) in [7, 11) is 0. The van der Waals surface area contributed by atoms with Crippen molar-refractivity contribution in [3.63, 3.8) is 0 Å². The van der Waals surface area contributed by atoms with Gasteiger partial charge in [-0.3, -0.25) is 9.55 Å². The summed E-state index contributed by atoms with van der Waals surface area (Å²) in [6, 6.07) is 29.4. The van der Waals surface area contributed by atoms with Gasteiger partial charge < -0.3 is 5.11 Å². The molecule has 0 saturated carbocycles. The van der Waals surface area contributed by atoms with E-state index in [1.807, 2.05) is 124 Å². The molecular weight excluding hydrogens is 938 g/mol. The van der Waals surface area contributed by atoms with E-state index in [0.29, 0.717) is 39.1 Å². The summed E-state index contributed by atoms with van der Waals surface area (Å²) in [5, 5.41) is 12.5. The van der Waals surface area contributed by atoms with Gasteiger partial charge in [-0.15, -0.1) is 29.3 Å². The van der Waals surface area contributed by atoms with Crippen LogP contribution in [0.5, 0.6) is 5.75 Å². The van der Waals surface area contributed by atoms with Crippen LogP contribution in [0.25, 0.3) is 72.7 Å². The molecule has 0 atom stereocenters. The largest absolute Gasteiger partial charge is 0.507 e. The fourth-order valence-electron chi connectivity index (χ4n) is 7.74. The number of hydrogen-bond acceptors (Lipinski definition) is 3. The van der Waals surface area contributed by atoms with Gasteiger partial charge in [0.1, 0.15) is 11.6 Å². The molecule has 8 aromatic rings. The van der Waals surface area contributed by atoms with Crippen LogP contribution in [0.4, 0.5) is 0 Å². The Morgan fingerprint density at radius 2 is 1.34 bits per heavy atom. The van der Waals surface area contributed by atoms with Gasteiger partial charge in [0.05, 0.1) is 27.6 Å². The minimum Gasteiger partial charge on any atom is -0.507 e. The Bertz CT molecular complexity index is 3380. The van der Waals surface area contributed by atoms with Gasteiger partial charge in [-0.1, -0.05) is 178 Å². The number of phenolic OH excluding ortho intramolecular Hbond substituents is 1. The molecule has 0 spiro atoms. The van der Waals surface area contributed by atoms with Crippen molar-refractivity contribution in [2.75, 3.05) is 0 Å². The quantitative estimate of drug-likeness (QED) is 0.162. The molecule has 4 nitrogen and oxygen atoms in total. The third kappa shape index (κ3) is 8.73. The predicted octanol–water partition coefficient (Wildman–Crippen LogP) is 15.3. The third-order valence-electron chi connectivity index (χ3n) is 11.2. The van der Waals surface area contributed by atoms with Gasteiger partial charge in [0.25, 0.3) is 0 Å². The average molecular weight is 1010 g/mol. The second kappa shape index (κ2) is 16.9. The Morgan fingerprint density at radius 1 is 0.661 bits per heavy atom. The van der Waals surface area contributed by atoms with Crippen molar-refractivity contribution in [2.24, 2.45) is 0 Å². The van der Waals surface area contributed by atoms with E-state index in [1.165, 1.54) is 0 Å². The summed E-state index contributed by atoms with van der Waals surface area (Å²) in [6.45, 7) is 22.5. The van der Waals surface area contributed by atoms with Crippen LogP contribution >= 0.6 is 0 Å². The number of rotatable bonds is 7. The minimum absolute atomic E-state index is 0. The minimum atomic E-state index is -1.01. The molecular formula is C57H58N3OPt-. The van der Waals surface area contributed by atoms with E-state index in [2.05, 4.69) is 58.7 Å². The van der Waals surface area contributed by atoms with Crippen molar-refractivity contribution in [2.45, 2.75) is 98.3 Å². The van der Waals surface area contributed by atoms with Crippen LogP contribution < -0.4 is 0 Å². The summed E-state index contributed by atoms with van der Waals surface area (Å²) in [5.74, 6) is -0.426. The second-order valence-corrected chi connectivity index (χ2v) is 19.1. The first-order valence-electron chi connectivity index (χ1n) is 25.2. The van der Waals surface area contributed by atoms with E-state index in [9.17, 15) is 7.85 Å². The predicted molar refractivity (Wildman–Crippen MR) is 257 cm³/mol. The number of benzene rings is 6. The fraction of sp³-hybridized carbons (Fsp3) is 0.263. The first-order valence-corrected chi connectivity index (χ1v) is 20.7. The summed E-state index contributed by atoms with van der Waals surface area (Å²) < 4.78 is 80.9. The molecule has 0 unspecified atom stereocenters. The average Bonchev–Trinajstić information content (AvgIpc) is 3.68. The van der Waals surface area contributed by atoms with Crippen LogP contribution in [-0.4, -0.2) is 19.6 Å². The zero-order chi connectivity index (χ0) is 51.3. The van der Waals surface area contributed by atoms with Crippen molar-refractivity contribution < 1.29 is 38.5 Å². The van der Waals surface area contributed by atoms with Gasteiger partial charge >= 0.3 is 0 Å². The Morgan fingerprint density at radius 3 is 2.00 bits per heavy atom. The number of aromatic nitrogens is 3. The zero-order valence-electron chi connectivity index (χ0n) is 46.3. The molecule has 8 rings (SSSR count). The zero-order valence-corrected chi connectivity index (χ0v) is 39.5. The molecule has 0 aliphatic carbocycles. The number of pyridine rings is 1. The molecule has 0 fully saturated rings. The molecule has 62 heavy (non-hydrogen) atoms. The summed E-state index contributed by atoms with van der Waals surface area (Å²) in [4.78, 5) is 9.92. The number of phenols is 1. The molecule has 0 radical (unpaired) electrons. The molecule has 5 heteroatoms. The van der Waals surface area contributed by atoms with E-state index in [0.717, 1.165) is 39.1 Å². The van der Waals surface area contributed by atoms with Crippen molar-refractivity contribution in [1.29, 1.82) is 0 Å². The maximum Gasteiger partial charge on any atom is 0.148 e. The number of hydrogen-bond donors (Lipinski definition) is 1. The Kier molecular flexibility index (Phi) is 9.29. The maximum absolute atomic E-state index is 12.5. The van der Waals surface area contributed by atoms with Crippen LogP contribution in [-0.2, 0) is 37.3 Å². The first kappa shape index (κ1) is 34.0. The Hall–Kier alpha value is -5.57. The van der Waals surface area contributed by atoms with Crippen LogP contribution in [0.3, 0.4) is 0 Å². The monoisotopic (exact) mass is 1000 g/mol. The SMILES string of the molecule is [2H]c1nc(-c2[c-]c(-c3cccc4c3nc(-c3cc(C(C)(C)C)cc(C(C)(C)C)c3O)n4-c3ccc(-c4ccccc4)c(C([2H])(C)C)c3)cc(C(C)(C)C)c2)c([2H])c(-c2c([2H])c([2H])c([2H])c([2H])c2[2H])c1[2H].[Pt]. The summed E-state index contributed by atoms with van der Waals surface area (Å²) in [5.41, 5.74) is 7.50. The summed E-state index contributed by atoms with van der Waals surface area (Å²) in [6.07, 6.45) is -0.533. The molecule has 6 aromatic carbocycles. The van der Waals surface area contributed by atoms with Crippen LogP contribution in [0, 0.1) is 6.07 Å². The Labute approximate surface area is 396 Å². The van der Waals surface area contributed by atoms with Crippen molar-refractivity contribution in [1.82, 2.24) is 14.5 Å². The van der Waals surface area contributed by atoms with Crippen LogP contribution in [0.15, 0.2) is 139 Å². The van der Waals surface area contributed by atoms with Gasteiger partial charge in [-0.2, -0.15) is 0 Å². The van der Waals surface area contributed by atoms with E-state index < -0.39 is 59.2 Å². The van der Waals surface area contributed by atoms with E-state index in [4.69, 9.17) is 14.6 Å². The molecule has 0 saturated heterocycles. The molecule has 2 aromatic heterocycles. The number of para-hydroxylation sites is 1. The number of aromatic hydroxyl groups is 1. The molecule has 0 bridgehead atoms. The molecule has 0 aliphatic rings. The van der Waals surface area contributed by atoms with Crippen molar-refractivity contribution in [3.05, 3.63) is 168 Å². The Balaban J connectivity index is 0.00000741. The molecule has 0 aliphatic heterocycles. The fourth-order valence-corrected chi connectivity index (χ4v) is 7.74. The van der Waals surface area contributed by atoms with Gasteiger partial charge in [0.2, 0.25) is 0 Å². The third-order valence-corrected chi connectivity index (χ3v) is 11.2. The standard InChI is InChI=1S/C57H58N3O.Pt/c1-36(2)47-35-44(25-26-45(47)38-21-16-13-17-22-38)60-51-24-18-23-46(52(51)59-54(60)48-33-43(56(6,7)8)34-49(53(48)61)57(9,10)11)40-29-41(31-42(30-40)55(3,4)5)50-32-39(27-28-58-50)37-19-14-12-15-20-37;/h12-28,30-36,61H,1-11H3;/q-1;/i12D,14D,15D,19D,20D,27D,28D,32D,36D;. The van der Waals surface area contributed by atoms with Gasteiger partial charge in [0.15, 0.2) is 0 Å². The number of fused-ring (bicyclic) bond motifs is 1. The van der Waals surface area contributed by atoms with Gasteiger partial charge in [-0.25, -0.2) is 4.98 Å². The molecule has 318 valence electrons. The second-order valence-electron chi connectivity index (χ2n) is 19.1. The number of imidazole rings is 1. The van der Waals surface area contributed by atoms with E-state index in [-0.39, 0.29) is 55.1 Å². The van der Waals surface area contributed by atoms with E-state index >= 15 is 0 Å². The van der Waals surface area contributed by atoms with Crippen LogP contribution in [0.2, 0.25) is 0 Å². The topological polar surface area (TPSA) is 50.9 Å². The normalized spacial score (nSPS) is 14.4. The summed E-state index contributed by atoms with van der Waals surface area (Å²) >= 11 is 0. The molecule has 2 heterocycles. The van der Waals surface area contributed by atoms with Crippen LogP contribution in [0.1, 0.15) is 117 Å². The van der Waals surface area contributed by atoms with Gasteiger partial charge in [-0.05, 0) is 85.8 Å². The maximum atomic E-state index is 12.5. The van der Waals surface area contributed by atoms with Gasteiger partial charge in [0, 0.05) is 45.6 Å². The van der Waals surface area contributed by atoms with E-state index in [1.54, 1.807) is 0 Å². The molecule has 0 amide bonds. The van der Waals surface area contributed by atoms with Crippen molar-refractivity contribution in [3.8, 4) is 67.5 Å². The first-order chi connectivity index (χ1) is 32.5. The van der Waals surface area contributed by atoms with Crippen molar-refractivity contribution >= 4 is 11.0 Å².